The molecule has 3 heterocycles. The van der Waals surface area contributed by atoms with E-state index in [4.69, 9.17) is 14.6 Å². The molecule has 28 heavy (non-hydrogen) atoms. The summed E-state index contributed by atoms with van der Waals surface area (Å²) in [6.07, 6.45) is 5.33. The maximum absolute atomic E-state index is 5.54. The Hall–Kier alpha value is -3.61. The first-order valence-corrected chi connectivity index (χ1v) is 8.90. The number of anilines is 1. The summed E-state index contributed by atoms with van der Waals surface area (Å²) in [6, 6.07) is 11.8. The zero-order chi connectivity index (χ0) is 19.5. The molecule has 0 amide bonds. The number of pyridine rings is 1. The van der Waals surface area contributed by atoms with Crippen molar-refractivity contribution in [1.29, 1.82) is 0 Å². The normalized spacial score (nSPS) is 10.8. The number of rotatable bonds is 6. The summed E-state index contributed by atoms with van der Waals surface area (Å²) in [4.78, 5) is 8.50. The predicted molar refractivity (Wildman–Crippen MR) is 108 cm³/mol. The van der Waals surface area contributed by atoms with Gasteiger partial charge in [-0.1, -0.05) is 6.07 Å². The van der Waals surface area contributed by atoms with Crippen LogP contribution in [0.1, 0.15) is 11.1 Å². The van der Waals surface area contributed by atoms with Gasteiger partial charge in [0, 0.05) is 30.1 Å². The topological polar surface area (TPSA) is 73.6 Å². The van der Waals surface area contributed by atoms with E-state index in [9.17, 15) is 0 Å². The van der Waals surface area contributed by atoms with Gasteiger partial charge in [0.25, 0.3) is 0 Å². The second-order valence-electron chi connectivity index (χ2n) is 6.38. The van der Waals surface area contributed by atoms with Crippen LogP contribution >= 0.6 is 0 Å². The maximum Gasteiger partial charge on any atom is 0.165 e. The van der Waals surface area contributed by atoms with Gasteiger partial charge in [-0.05, 0) is 42.8 Å². The molecule has 4 aromatic rings. The van der Waals surface area contributed by atoms with Crippen LogP contribution in [-0.2, 0) is 6.54 Å². The second kappa shape index (κ2) is 7.56. The Labute approximate surface area is 163 Å². The summed E-state index contributed by atoms with van der Waals surface area (Å²) in [5.41, 5.74) is 4.81. The van der Waals surface area contributed by atoms with Crippen LogP contribution in [-0.4, -0.2) is 33.8 Å². The third kappa shape index (κ3) is 3.34. The van der Waals surface area contributed by atoms with Gasteiger partial charge in [0.05, 0.1) is 26.1 Å². The fourth-order valence-electron chi connectivity index (χ4n) is 3.20. The number of aryl methyl sites for hydroxylation is 1. The fraction of sp³-hybridized carbons (Fsp3) is 0.190. The molecular weight excluding hydrogens is 354 g/mol. The minimum Gasteiger partial charge on any atom is -0.493 e. The molecule has 0 atom stereocenters. The van der Waals surface area contributed by atoms with Crippen LogP contribution < -0.4 is 14.8 Å². The maximum atomic E-state index is 5.54. The van der Waals surface area contributed by atoms with E-state index in [1.807, 2.05) is 48.0 Å². The van der Waals surface area contributed by atoms with E-state index in [2.05, 4.69) is 21.4 Å². The number of hydrogen-bond donors (Lipinski definition) is 1. The van der Waals surface area contributed by atoms with Gasteiger partial charge in [0.1, 0.15) is 5.82 Å². The zero-order valence-corrected chi connectivity index (χ0v) is 16.0. The zero-order valence-electron chi connectivity index (χ0n) is 16.0. The lowest BCUT2D eigenvalue weighted by Crippen LogP contribution is -2.07. The van der Waals surface area contributed by atoms with Crippen LogP contribution in [0.5, 0.6) is 11.5 Å². The summed E-state index contributed by atoms with van der Waals surface area (Å²) >= 11 is 0. The molecular formula is C21H21N5O2. The third-order valence-electron chi connectivity index (χ3n) is 4.50. The number of benzene rings is 1. The number of imidazole rings is 1. The minimum atomic E-state index is 0.555. The molecule has 142 valence electrons. The molecule has 1 N–H and O–H groups in total. The SMILES string of the molecule is COc1cc(C)cc(CNc2ccc3ncc(-c4ccncc4)n3n2)c1OC. The lowest BCUT2D eigenvalue weighted by atomic mass is 10.1. The monoisotopic (exact) mass is 375 g/mol. The largest absolute Gasteiger partial charge is 0.493 e. The van der Waals surface area contributed by atoms with Gasteiger partial charge >= 0.3 is 0 Å². The van der Waals surface area contributed by atoms with Gasteiger partial charge < -0.3 is 14.8 Å². The molecule has 0 spiro atoms. The molecule has 7 heteroatoms. The van der Waals surface area contributed by atoms with Gasteiger partial charge in [-0.15, -0.1) is 5.10 Å². The minimum absolute atomic E-state index is 0.555. The lowest BCUT2D eigenvalue weighted by molar-refractivity contribution is 0.352. The summed E-state index contributed by atoms with van der Waals surface area (Å²) < 4.78 is 12.8. The Balaban J connectivity index is 1.64. The standard InChI is InChI=1S/C21H21N5O2/c1-14-10-16(21(28-3)18(11-14)27-2)12-23-19-4-5-20-24-13-17(26(20)25-19)15-6-8-22-9-7-15/h4-11,13H,12H2,1-3H3,(H,23,25). The highest BCUT2D eigenvalue weighted by molar-refractivity contribution is 5.63. The Morgan fingerprint density at radius 2 is 1.86 bits per heavy atom. The summed E-state index contributed by atoms with van der Waals surface area (Å²) in [5.74, 6) is 2.18. The Bertz CT molecular complexity index is 1110. The van der Waals surface area contributed by atoms with Crippen molar-refractivity contribution < 1.29 is 9.47 Å². The molecule has 0 saturated carbocycles. The second-order valence-corrected chi connectivity index (χ2v) is 6.38. The molecule has 0 saturated heterocycles. The quantitative estimate of drug-likeness (QED) is 0.554. The summed E-state index contributed by atoms with van der Waals surface area (Å²) in [5, 5.41) is 8.06. The Morgan fingerprint density at radius 3 is 2.61 bits per heavy atom. The highest BCUT2D eigenvalue weighted by Gasteiger charge is 2.12. The average molecular weight is 375 g/mol. The molecule has 0 bridgehead atoms. The van der Waals surface area contributed by atoms with Crippen molar-refractivity contribution in [1.82, 2.24) is 19.6 Å². The highest BCUT2D eigenvalue weighted by atomic mass is 16.5. The van der Waals surface area contributed by atoms with Crippen molar-refractivity contribution in [2.45, 2.75) is 13.5 Å². The molecule has 0 unspecified atom stereocenters. The van der Waals surface area contributed by atoms with E-state index in [-0.39, 0.29) is 0 Å². The number of nitrogens with one attached hydrogen (secondary N) is 1. The third-order valence-corrected chi connectivity index (χ3v) is 4.50. The number of fused-ring (bicyclic) bond motifs is 1. The van der Waals surface area contributed by atoms with E-state index < -0.39 is 0 Å². The summed E-state index contributed by atoms with van der Waals surface area (Å²) in [7, 11) is 3.29. The van der Waals surface area contributed by atoms with Crippen LogP contribution in [0, 0.1) is 6.92 Å². The molecule has 0 fully saturated rings. The van der Waals surface area contributed by atoms with Crippen LogP contribution in [0.25, 0.3) is 16.9 Å². The molecule has 0 aliphatic carbocycles. The van der Waals surface area contributed by atoms with Crippen molar-refractivity contribution in [3.05, 3.63) is 66.1 Å². The van der Waals surface area contributed by atoms with E-state index in [0.29, 0.717) is 6.54 Å². The molecule has 7 nitrogen and oxygen atoms in total. The van der Waals surface area contributed by atoms with Crippen LogP contribution in [0.2, 0.25) is 0 Å². The van der Waals surface area contributed by atoms with Gasteiger partial charge in [-0.25, -0.2) is 9.50 Å². The first-order chi connectivity index (χ1) is 13.7. The van der Waals surface area contributed by atoms with E-state index in [0.717, 1.165) is 45.3 Å². The highest BCUT2D eigenvalue weighted by Crippen LogP contribution is 2.33. The molecule has 0 radical (unpaired) electrons. The van der Waals surface area contributed by atoms with Crippen molar-refractivity contribution in [3.63, 3.8) is 0 Å². The first-order valence-electron chi connectivity index (χ1n) is 8.90. The number of aromatic nitrogens is 4. The summed E-state index contributed by atoms with van der Waals surface area (Å²) in [6.45, 7) is 2.58. The number of nitrogens with zero attached hydrogens (tertiary/aromatic N) is 4. The molecule has 0 aliphatic heterocycles. The predicted octanol–water partition coefficient (Wildman–Crippen LogP) is 3.73. The average Bonchev–Trinajstić information content (AvgIpc) is 3.15. The Morgan fingerprint density at radius 1 is 1.04 bits per heavy atom. The van der Waals surface area contributed by atoms with Crippen LogP contribution in [0.4, 0.5) is 5.82 Å². The van der Waals surface area contributed by atoms with Crippen molar-refractivity contribution >= 4 is 11.5 Å². The number of ether oxygens (including phenoxy) is 2. The molecule has 1 aromatic carbocycles. The van der Waals surface area contributed by atoms with E-state index in [1.165, 1.54) is 0 Å². The molecule has 4 rings (SSSR count). The van der Waals surface area contributed by atoms with E-state index in [1.54, 1.807) is 26.6 Å². The van der Waals surface area contributed by atoms with Crippen LogP contribution in [0.3, 0.4) is 0 Å². The van der Waals surface area contributed by atoms with Crippen molar-refractivity contribution in [2.24, 2.45) is 0 Å². The Kier molecular flexibility index (Phi) is 4.80. The van der Waals surface area contributed by atoms with Gasteiger partial charge in [-0.3, -0.25) is 4.98 Å². The lowest BCUT2D eigenvalue weighted by Gasteiger charge is -2.15. The van der Waals surface area contributed by atoms with Crippen molar-refractivity contribution in [2.75, 3.05) is 19.5 Å². The number of methoxy groups -OCH3 is 2. The van der Waals surface area contributed by atoms with Gasteiger partial charge in [0.2, 0.25) is 0 Å². The van der Waals surface area contributed by atoms with Crippen LogP contribution in [0.15, 0.2) is 55.0 Å². The smallest absolute Gasteiger partial charge is 0.165 e. The molecule has 0 aliphatic rings. The van der Waals surface area contributed by atoms with Gasteiger partial charge in [0.15, 0.2) is 17.1 Å². The van der Waals surface area contributed by atoms with Gasteiger partial charge in [-0.2, -0.15) is 0 Å². The number of hydrogen-bond acceptors (Lipinski definition) is 6. The van der Waals surface area contributed by atoms with Crippen molar-refractivity contribution in [3.8, 4) is 22.8 Å². The van der Waals surface area contributed by atoms with E-state index >= 15 is 0 Å². The fourth-order valence-corrected chi connectivity index (χ4v) is 3.20. The molecule has 3 aromatic heterocycles. The first kappa shape index (κ1) is 17.8.